The van der Waals surface area contributed by atoms with Gasteiger partial charge in [-0.3, -0.25) is 9.59 Å². The number of rotatable bonds is 2. The summed E-state index contributed by atoms with van der Waals surface area (Å²) in [7, 11) is 0. The molecule has 4 unspecified atom stereocenters. The van der Waals surface area contributed by atoms with Crippen molar-refractivity contribution < 1.29 is 14.7 Å². The lowest BCUT2D eigenvalue weighted by Gasteiger charge is -2.43. The molecule has 2 fully saturated rings. The first-order valence-corrected chi connectivity index (χ1v) is 7.88. The minimum Gasteiger partial charge on any atom is -0.481 e. The normalized spacial score (nSPS) is 36.7. The summed E-state index contributed by atoms with van der Waals surface area (Å²) >= 11 is 0. The van der Waals surface area contributed by atoms with Gasteiger partial charge in [0.1, 0.15) is 0 Å². The molecule has 4 rings (SSSR count). The summed E-state index contributed by atoms with van der Waals surface area (Å²) in [5, 5.41) is 9.53. The summed E-state index contributed by atoms with van der Waals surface area (Å²) in [4.78, 5) is 26.4. The van der Waals surface area contributed by atoms with E-state index >= 15 is 0 Å². The van der Waals surface area contributed by atoms with E-state index in [9.17, 15) is 14.7 Å². The Morgan fingerprint density at radius 3 is 1.95 bits per heavy atom. The predicted octanol–water partition coefficient (Wildman–Crippen LogP) is 2.30. The zero-order valence-electron chi connectivity index (χ0n) is 11.8. The third-order valence-corrected chi connectivity index (χ3v) is 5.24. The molecule has 1 N–H and O–H groups in total. The van der Waals surface area contributed by atoms with Crippen molar-refractivity contribution in [3.63, 3.8) is 0 Å². The van der Waals surface area contributed by atoms with Crippen LogP contribution in [0.4, 0.5) is 0 Å². The average Bonchev–Trinajstić information content (AvgIpc) is 2.75. The van der Waals surface area contributed by atoms with Gasteiger partial charge in [-0.25, -0.2) is 0 Å². The van der Waals surface area contributed by atoms with Gasteiger partial charge in [-0.2, -0.15) is 0 Å². The zero-order chi connectivity index (χ0) is 14.1. The first-order valence-electron chi connectivity index (χ1n) is 7.88. The molecule has 2 bridgehead atoms. The maximum atomic E-state index is 12.8. The second-order valence-electron chi connectivity index (χ2n) is 6.42. The first kappa shape index (κ1) is 13.7. The van der Waals surface area contributed by atoms with Crippen molar-refractivity contribution in [2.75, 3.05) is 13.1 Å². The topological polar surface area (TPSA) is 57.6 Å². The van der Waals surface area contributed by atoms with Crippen molar-refractivity contribution in [3.05, 3.63) is 12.2 Å². The molecule has 1 aliphatic heterocycles. The number of fused-ring (bicyclic) bond motifs is 2. The van der Waals surface area contributed by atoms with E-state index in [1.54, 1.807) is 0 Å². The Balaban J connectivity index is 1.81. The molecule has 110 valence electrons. The first-order chi connectivity index (χ1) is 9.68. The van der Waals surface area contributed by atoms with Gasteiger partial charge < -0.3 is 10.0 Å². The highest BCUT2D eigenvalue weighted by molar-refractivity contribution is 5.86. The minimum atomic E-state index is -0.794. The Hall–Kier alpha value is -1.32. The zero-order valence-corrected chi connectivity index (χ0v) is 11.8. The monoisotopic (exact) mass is 277 g/mol. The molecule has 4 heteroatoms. The molecule has 1 saturated carbocycles. The van der Waals surface area contributed by atoms with Crippen LogP contribution < -0.4 is 0 Å². The maximum absolute atomic E-state index is 12.8. The highest BCUT2D eigenvalue weighted by atomic mass is 16.4. The van der Waals surface area contributed by atoms with Gasteiger partial charge in [0, 0.05) is 13.1 Å². The molecule has 0 aromatic rings. The lowest BCUT2D eigenvalue weighted by Crippen LogP contribution is -2.50. The van der Waals surface area contributed by atoms with Gasteiger partial charge in [0.15, 0.2) is 0 Å². The highest BCUT2D eigenvalue weighted by Crippen LogP contribution is 2.45. The molecule has 1 saturated heterocycles. The van der Waals surface area contributed by atoms with Gasteiger partial charge in [0.05, 0.1) is 11.8 Å². The standard InChI is InChI=1S/C16H23NO3/c18-15(17-9-3-1-2-4-10-17)13-11-5-7-12(8-6-11)14(13)16(19)20/h5,7,11-14H,1-4,6,8-10H2,(H,19,20). The predicted molar refractivity (Wildman–Crippen MR) is 75.0 cm³/mol. The minimum absolute atomic E-state index is 0.0541. The van der Waals surface area contributed by atoms with Crippen LogP contribution in [0.5, 0.6) is 0 Å². The van der Waals surface area contributed by atoms with Gasteiger partial charge in [-0.05, 0) is 37.5 Å². The van der Waals surface area contributed by atoms with Crippen LogP contribution in [0.25, 0.3) is 0 Å². The van der Waals surface area contributed by atoms with Crippen LogP contribution in [0.3, 0.4) is 0 Å². The summed E-state index contributed by atoms with van der Waals surface area (Å²) < 4.78 is 0. The number of carbonyl (C=O) groups is 2. The fourth-order valence-electron chi connectivity index (χ4n) is 4.17. The molecule has 0 aromatic heterocycles. The van der Waals surface area contributed by atoms with E-state index in [-0.39, 0.29) is 23.7 Å². The number of hydrogen-bond acceptors (Lipinski definition) is 2. The Morgan fingerprint density at radius 2 is 1.45 bits per heavy atom. The molecule has 0 radical (unpaired) electrons. The molecule has 3 aliphatic carbocycles. The third-order valence-electron chi connectivity index (χ3n) is 5.24. The Bertz CT molecular complexity index is 423. The van der Waals surface area contributed by atoms with E-state index in [4.69, 9.17) is 0 Å². The van der Waals surface area contributed by atoms with Crippen LogP contribution in [0.2, 0.25) is 0 Å². The smallest absolute Gasteiger partial charge is 0.307 e. The fourth-order valence-corrected chi connectivity index (χ4v) is 4.17. The quantitative estimate of drug-likeness (QED) is 0.788. The van der Waals surface area contributed by atoms with Crippen LogP contribution in [0.1, 0.15) is 38.5 Å². The van der Waals surface area contributed by atoms with E-state index in [2.05, 4.69) is 6.08 Å². The van der Waals surface area contributed by atoms with Crippen molar-refractivity contribution in [3.8, 4) is 0 Å². The Morgan fingerprint density at radius 1 is 0.900 bits per heavy atom. The number of carboxylic acid groups (broad SMARTS) is 1. The van der Waals surface area contributed by atoms with E-state index < -0.39 is 11.9 Å². The van der Waals surface area contributed by atoms with Crippen LogP contribution in [0, 0.1) is 23.7 Å². The number of allylic oxidation sites excluding steroid dienone is 2. The molecule has 20 heavy (non-hydrogen) atoms. The van der Waals surface area contributed by atoms with Crippen molar-refractivity contribution in [1.29, 1.82) is 0 Å². The van der Waals surface area contributed by atoms with E-state index in [1.165, 1.54) is 12.8 Å². The summed E-state index contributed by atoms with van der Waals surface area (Å²) in [6.45, 7) is 1.62. The third kappa shape index (κ3) is 2.36. The van der Waals surface area contributed by atoms with Crippen molar-refractivity contribution in [2.24, 2.45) is 23.7 Å². The summed E-state index contributed by atoms with van der Waals surface area (Å²) in [5.41, 5.74) is 0. The van der Waals surface area contributed by atoms with Crippen LogP contribution in [-0.4, -0.2) is 35.0 Å². The van der Waals surface area contributed by atoms with Crippen molar-refractivity contribution >= 4 is 11.9 Å². The number of nitrogens with zero attached hydrogens (tertiary/aromatic N) is 1. The van der Waals surface area contributed by atoms with Crippen LogP contribution in [-0.2, 0) is 9.59 Å². The summed E-state index contributed by atoms with van der Waals surface area (Å²) in [5.74, 6) is -1.34. The molecule has 1 amide bonds. The Labute approximate surface area is 119 Å². The van der Waals surface area contributed by atoms with Crippen LogP contribution >= 0.6 is 0 Å². The van der Waals surface area contributed by atoms with E-state index in [0.717, 1.165) is 38.8 Å². The molecule has 4 nitrogen and oxygen atoms in total. The van der Waals surface area contributed by atoms with Gasteiger partial charge in [0.25, 0.3) is 0 Å². The number of hydrogen-bond donors (Lipinski definition) is 1. The number of carbonyl (C=O) groups excluding carboxylic acids is 1. The summed E-state index contributed by atoms with van der Waals surface area (Å²) in [6, 6.07) is 0. The lowest BCUT2D eigenvalue weighted by atomic mass is 9.62. The SMILES string of the molecule is O=C(O)C1C2C=CC(CC2)C1C(=O)N1CCCCCC1. The number of carboxylic acids is 1. The lowest BCUT2D eigenvalue weighted by molar-refractivity contribution is -0.156. The number of amides is 1. The van der Waals surface area contributed by atoms with Crippen molar-refractivity contribution in [2.45, 2.75) is 38.5 Å². The Kier molecular flexibility index (Phi) is 3.81. The molecule has 1 heterocycles. The van der Waals surface area contributed by atoms with Gasteiger partial charge in [-0.1, -0.05) is 25.0 Å². The molecule has 4 atom stereocenters. The molecular weight excluding hydrogens is 254 g/mol. The van der Waals surface area contributed by atoms with Crippen molar-refractivity contribution in [1.82, 2.24) is 4.90 Å². The molecule has 0 spiro atoms. The van der Waals surface area contributed by atoms with Crippen LogP contribution in [0.15, 0.2) is 12.2 Å². The summed E-state index contributed by atoms with van der Waals surface area (Å²) in [6.07, 6.45) is 10.5. The van der Waals surface area contributed by atoms with E-state index in [1.807, 2.05) is 11.0 Å². The highest BCUT2D eigenvalue weighted by Gasteiger charge is 2.49. The molecule has 4 aliphatic rings. The second-order valence-corrected chi connectivity index (χ2v) is 6.42. The average molecular weight is 277 g/mol. The molecule has 0 aromatic carbocycles. The maximum Gasteiger partial charge on any atom is 0.307 e. The largest absolute Gasteiger partial charge is 0.481 e. The van der Waals surface area contributed by atoms with Gasteiger partial charge in [-0.15, -0.1) is 0 Å². The van der Waals surface area contributed by atoms with E-state index in [0.29, 0.717) is 0 Å². The number of likely N-dealkylation sites (tertiary alicyclic amines) is 1. The molecular formula is C16H23NO3. The second kappa shape index (κ2) is 5.58. The van der Waals surface area contributed by atoms with Gasteiger partial charge in [0.2, 0.25) is 5.91 Å². The van der Waals surface area contributed by atoms with Gasteiger partial charge >= 0.3 is 5.97 Å². The number of aliphatic carboxylic acids is 1. The fraction of sp³-hybridized carbons (Fsp3) is 0.750.